The number of fused-ring (bicyclic) bond motifs is 1. The van der Waals surface area contributed by atoms with Gasteiger partial charge in [0.15, 0.2) is 11.5 Å². The minimum Gasteiger partial charge on any atom is -0.493 e. The summed E-state index contributed by atoms with van der Waals surface area (Å²) in [5.74, 6) is 1.64. The van der Waals surface area contributed by atoms with Gasteiger partial charge in [-0.25, -0.2) is 0 Å². The SMILES string of the molecule is CCOC(=O)C(C)NCc1cc(OC)c2c(c1)OCO2. The van der Waals surface area contributed by atoms with E-state index in [1.54, 1.807) is 21.0 Å². The second-order valence-corrected chi connectivity index (χ2v) is 4.39. The van der Waals surface area contributed by atoms with Crippen LogP contribution < -0.4 is 19.5 Å². The van der Waals surface area contributed by atoms with Crippen molar-refractivity contribution >= 4 is 5.97 Å². The topological polar surface area (TPSA) is 66.0 Å². The third-order valence-electron chi connectivity index (χ3n) is 2.97. The summed E-state index contributed by atoms with van der Waals surface area (Å²) in [4.78, 5) is 11.5. The Labute approximate surface area is 118 Å². The molecule has 0 spiro atoms. The van der Waals surface area contributed by atoms with E-state index in [0.29, 0.717) is 30.4 Å². The first-order valence-electron chi connectivity index (χ1n) is 6.52. The van der Waals surface area contributed by atoms with Crippen molar-refractivity contribution in [2.24, 2.45) is 0 Å². The maximum Gasteiger partial charge on any atom is 0.322 e. The average molecular weight is 281 g/mol. The number of nitrogens with one attached hydrogen (secondary N) is 1. The summed E-state index contributed by atoms with van der Waals surface area (Å²) in [6.45, 7) is 4.63. The molecule has 1 unspecified atom stereocenters. The Balaban J connectivity index is 2.02. The van der Waals surface area contributed by atoms with Gasteiger partial charge in [0.2, 0.25) is 12.5 Å². The van der Waals surface area contributed by atoms with E-state index in [-0.39, 0.29) is 18.8 Å². The van der Waals surface area contributed by atoms with E-state index >= 15 is 0 Å². The summed E-state index contributed by atoms with van der Waals surface area (Å²) >= 11 is 0. The molecule has 1 aliphatic heterocycles. The predicted octanol–water partition coefficient (Wildman–Crippen LogP) is 1.47. The highest BCUT2D eigenvalue weighted by atomic mass is 16.7. The average Bonchev–Trinajstić information content (AvgIpc) is 2.92. The lowest BCUT2D eigenvalue weighted by molar-refractivity contribution is -0.145. The van der Waals surface area contributed by atoms with E-state index in [1.807, 2.05) is 12.1 Å². The van der Waals surface area contributed by atoms with Gasteiger partial charge in [-0.2, -0.15) is 0 Å². The Morgan fingerprint density at radius 1 is 1.45 bits per heavy atom. The molecule has 1 aliphatic rings. The van der Waals surface area contributed by atoms with Crippen molar-refractivity contribution < 1.29 is 23.7 Å². The molecule has 1 aromatic rings. The van der Waals surface area contributed by atoms with Crippen LogP contribution in [0.2, 0.25) is 0 Å². The molecule has 0 radical (unpaired) electrons. The molecule has 110 valence electrons. The molecule has 1 atom stereocenters. The molecule has 0 bridgehead atoms. The number of ether oxygens (including phenoxy) is 4. The molecule has 1 heterocycles. The number of carbonyl (C=O) groups is 1. The van der Waals surface area contributed by atoms with E-state index in [9.17, 15) is 4.79 Å². The number of rotatable bonds is 6. The third-order valence-corrected chi connectivity index (χ3v) is 2.97. The Morgan fingerprint density at radius 3 is 2.95 bits per heavy atom. The van der Waals surface area contributed by atoms with Crippen LogP contribution in [0, 0.1) is 0 Å². The number of esters is 1. The van der Waals surface area contributed by atoms with Crippen molar-refractivity contribution in [2.75, 3.05) is 20.5 Å². The van der Waals surface area contributed by atoms with E-state index < -0.39 is 0 Å². The van der Waals surface area contributed by atoms with Gasteiger partial charge in [0.05, 0.1) is 13.7 Å². The summed E-state index contributed by atoms with van der Waals surface area (Å²) < 4.78 is 20.9. The van der Waals surface area contributed by atoms with Gasteiger partial charge in [0, 0.05) is 6.54 Å². The van der Waals surface area contributed by atoms with Gasteiger partial charge in [-0.05, 0) is 31.5 Å². The Morgan fingerprint density at radius 2 is 2.25 bits per heavy atom. The molecule has 0 amide bonds. The second kappa shape index (κ2) is 6.47. The first kappa shape index (κ1) is 14.5. The van der Waals surface area contributed by atoms with E-state index in [4.69, 9.17) is 18.9 Å². The number of benzene rings is 1. The fourth-order valence-corrected chi connectivity index (χ4v) is 1.91. The lowest BCUT2D eigenvalue weighted by Gasteiger charge is -2.13. The van der Waals surface area contributed by atoms with E-state index in [2.05, 4.69) is 5.32 Å². The molecule has 0 aliphatic carbocycles. The number of carbonyl (C=O) groups excluding carboxylic acids is 1. The lowest BCUT2D eigenvalue weighted by Crippen LogP contribution is -2.34. The van der Waals surface area contributed by atoms with Crippen LogP contribution in [0.15, 0.2) is 12.1 Å². The highest BCUT2D eigenvalue weighted by Gasteiger charge is 2.20. The molecule has 0 fully saturated rings. The van der Waals surface area contributed by atoms with Gasteiger partial charge in [0.1, 0.15) is 6.04 Å². The molecular weight excluding hydrogens is 262 g/mol. The minimum atomic E-state index is -0.369. The first-order valence-corrected chi connectivity index (χ1v) is 6.52. The maximum absolute atomic E-state index is 11.5. The number of hydrogen-bond acceptors (Lipinski definition) is 6. The molecule has 1 aromatic carbocycles. The summed E-state index contributed by atoms with van der Waals surface area (Å²) in [6.07, 6.45) is 0. The van der Waals surface area contributed by atoms with Crippen LogP contribution in [-0.4, -0.2) is 32.5 Å². The van der Waals surface area contributed by atoms with E-state index in [0.717, 1.165) is 5.56 Å². The monoisotopic (exact) mass is 281 g/mol. The summed E-state index contributed by atoms with van der Waals surface area (Å²) in [7, 11) is 1.58. The third kappa shape index (κ3) is 3.14. The van der Waals surface area contributed by atoms with Gasteiger partial charge in [-0.3, -0.25) is 4.79 Å². The zero-order valence-corrected chi connectivity index (χ0v) is 11.9. The quantitative estimate of drug-likeness (QED) is 0.796. The van der Waals surface area contributed by atoms with Crippen molar-refractivity contribution in [3.05, 3.63) is 17.7 Å². The maximum atomic E-state index is 11.5. The fraction of sp³-hybridized carbons (Fsp3) is 0.500. The number of hydrogen-bond donors (Lipinski definition) is 1. The van der Waals surface area contributed by atoms with Gasteiger partial charge in [-0.15, -0.1) is 0 Å². The number of methoxy groups -OCH3 is 1. The smallest absolute Gasteiger partial charge is 0.322 e. The summed E-state index contributed by atoms with van der Waals surface area (Å²) in [5, 5.41) is 3.10. The minimum absolute atomic E-state index is 0.196. The standard InChI is InChI=1S/C14H19NO5/c1-4-18-14(16)9(2)15-7-10-5-11(17-3)13-12(6-10)19-8-20-13/h5-6,9,15H,4,7-8H2,1-3H3. The van der Waals surface area contributed by atoms with Crippen molar-refractivity contribution in [2.45, 2.75) is 26.4 Å². The Bertz CT molecular complexity index is 489. The molecule has 6 nitrogen and oxygen atoms in total. The lowest BCUT2D eigenvalue weighted by atomic mass is 10.1. The van der Waals surface area contributed by atoms with E-state index in [1.165, 1.54) is 0 Å². The molecule has 1 N–H and O–H groups in total. The van der Waals surface area contributed by atoms with Crippen LogP contribution in [0.25, 0.3) is 0 Å². The van der Waals surface area contributed by atoms with Crippen LogP contribution >= 0.6 is 0 Å². The van der Waals surface area contributed by atoms with Crippen molar-refractivity contribution in [1.82, 2.24) is 5.32 Å². The van der Waals surface area contributed by atoms with Crippen molar-refractivity contribution in [3.8, 4) is 17.2 Å². The molecule has 6 heteroatoms. The largest absolute Gasteiger partial charge is 0.493 e. The van der Waals surface area contributed by atoms with Crippen molar-refractivity contribution in [3.63, 3.8) is 0 Å². The van der Waals surface area contributed by atoms with Gasteiger partial charge in [-0.1, -0.05) is 0 Å². The van der Waals surface area contributed by atoms with Crippen LogP contribution in [0.4, 0.5) is 0 Å². The highest BCUT2D eigenvalue weighted by molar-refractivity contribution is 5.75. The molecule has 0 saturated carbocycles. The molecule has 0 aromatic heterocycles. The summed E-state index contributed by atoms with van der Waals surface area (Å²) in [6, 6.07) is 3.36. The highest BCUT2D eigenvalue weighted by Crippen LogP contribution is 2.41. The normalized spacial score (nSPS) is 13.9. The van der Waals surface area contributed by atoms with Gasteiger partial charge in [0.25, 0.3) is 0 Å². The molecular formula is C14H19NO5. The molecule has 20 heavy (non-hydrogen) atoms. The van der Waals surface area contributed by atoms with Crippen LogP contribution in [0.3, 0.4) is 0 Å². The second-order valence-electron chi connectivity index (χ2n) is 4.39. The van der Waals surface area contributed by atoms with Crippen LogP contribution in [-0.2, 0) is 16.1 Å². The zero-order chi connectivity index (χ0) is 14.5. The Kier molecular flexibility index (Phi) is 4.68. The Hall–Kier alpha value is -1.95. The fourth-order valence-electron chi connectivity index (χ4n) is 1.91. The van der Waals surface area contributed by atoms with Crippen molar-refractivity contribution in [1.29, 1.82) is 0 Å². The summed E-state index contributed by atoms with van der Waals surface area (Å²) in [5.41, 5.74) is 0.947. The molecule has 0 saturated heterocycles. The van der Waals surface area contributed by atoms with Crippen LogP contribution in [0.1, 0.15) is 19.4 Å². The van der Waals surface area contributed by atoms with Crippen LogP contribution in [0.5, 0.6) is 17.2 Å². The predicted molar refractivity (Wildman–Crippen MR) is 72.1 cm³/mol. The first-order chi connectivity index (χ1) is 9.65. The zero-order valence-electron chi connectivity index (χ0n) is 11.9. The molecule has 2 rings (SSSR count). The van der Waals surface area contributed by atoms with Gasteiger partial charge >= 0.3 is 5.97 Å². The van der Waals surface area contributed by atoms with Gasteiger partial charge < -0.3 is 24.3 Å².